The SMILES string of the molecule is C[C@@H](NC(=O)[C@@H](N)Cc1ccc(O)cc1)C(=O)NCC(=O)N[C@@H](Cc1ccccc1)C(=O)O.NC(=O)N1CCS(=O)CC1. The summed E-state index contributed by atoms with van der Waals surface area (Å²) in [5, 5.41) is 25.9. The molecule has 0 unspecified atom stereocenters. The van der Waals surface area contributed by atoms with E-state index in [4.69, 9.17) is 11.5 Å². The fourth-order valence-corrected chi connectivity index (χ4v) is 4.89. The van der Waals surface area contributed by atoms with Gasteiger partial charge in [0.15, 0.2) is 0 Å². The van der Waals surface area contributed by atoms with Crippen LogP contribution in [0.4, 0.5) is 4.79 Å². The van der Waals surface area contributed by atoms with E-state index < -0.39 is 65.2 Å². The highest BCUT2D eigenvalue weighted by atomic mass is 32.2. The van der Waals surface area contributed by atoms with Crippen LogP contribution in [-0.4, -0.2) is 98.3 Å². The Balaban J connectivity index is 0.000000543. The van der Waals surface area contributed by atoms with Crippen LogP contribution in [0.15, 0.2) is 54.6 Å². The van der Waals surface area contributed by atoms with Gasteiger partial charge in [-0.2, -0.15) is 0 Å². The van der Waals surface area contributed by atoms with Gasteiger partial charge in [0.25, 0.3) is 0 Å². The number of carbonyl (C=O) groups is 5. The van der Waals surface area contributed by atoms with Gasteiger partial charge in [-0.3, -0.25) is 18.6 Å². The Hall–Kier alpha value is -4.50. The minimum atomic E-state index is -1.19. The lowest BCUT2D eigenvalue weighted by molar-refractivity contribution is -0.141. The summed E-state index contributed by atoms with van der Waals surface area (Å²) in [6.07, 6.45) is 0.308. The van der Waals surface area contributed by atoms with Gasteiger partial charge >= 0.3 is 12.0 Å². The van der Waals surface area contributed by atoms with E-state index in [1.54, 1.807) is 42.5 Å². The second-order valence-electron chi connectivity index (χ2n) is 9.75. The third kappa shape index (κ3) is 12.9. The highest BCUT2D eigenvalue weighted by Gasteiger charge is 2.23. The Bertz CT molecular complexity index is 1270. The summed E-state index contributed by atoms with van der Waals surface area (Å²) in [6.45, 7) is 2.08. The minimum Gasteiger partial charge on any atom is -0.508 e. The normalized spacial score (nSPS) is 15.1. The number of nitrogens with two attached hydrogens (primary N) is 2. The smallest absolute Gasteiger partial charge is 0.326 e. The van der Waals surface area contributed by atoms with Crippen LogP contribution in [0.2, 0.25) is 0 Å². The Morgan fingerprint density at radius 1 is 0.907 bits per heavy atom. The lowest BCUT2D eigenvalue weighted by atomic mass is 10.1. The molecule has 9 N–H and O–H groups in total. The van der Waals surface area contributed by atoms with E-state index >= 15 is 0 Å². The number of carbonyl (C=O) groups excluding carboxylic acids is 4. The number of urea groups is 1. The first-order valence-corrected chi connectivity index (χ1v) is 14.9. The number of carboxylic acids is 1. The third-order valence-corrected chi connectivity index (χ3v) is 7.59. The first-order chi connectivity index (χ1) is 20.3. The fraction of sp³-hybridized carbons (Fsp3) is 0.393. The summed E-state index contributed by atoms with van der Waals surface area (Å²) in [7, 11) is -0.727. The number of hydrogen-bond donors (Lipinski definition) is 7. The van der Waals surface area contributed by atoms with Crippen LogP contribution in [0.3, 0.4) is 0 Å². The van der Waals surface area contributed by atoms with E-state index in [2.05, 4.69) is 16.0 Å². The van der Waals surface area contributed by atoms with Crippen LogP contribution >= 0.6 is 0 Å². The molecular formula is C28H38N6O8S. The number of rotatable bonds is 11. The van der Waals surface area contributed by atoms with Crippen molar-refractivity contribution in [3.8, 4) is 5.75 Å². The maximum atomic E-state index is 12.3. The van der Waals surface area contributed by atoms with Gasteiger partial charge in [0.2, 0.25) is 17.7 Å². The van der Waals surface area contributed by atoms with Gasteiger partial charge in [0.05, 0.1) is 12.6 Å². The molecule has 2 aromatic rings. The number of primary amides is 1. The maximum Gasteiger partial charge on any atom is 0.326 e. The van der Waals surface area contributed by atoms with Crippen LogP contribution in [-0.2, 0) is 42.8 Å². The third-order valence-electron chi connectivity index (χ3n) is 6.31. The number of hydrogen-bond acceptors (Lipinski definition) is 8. The van der Waals surface area contributed by atoms with E-state index in [-0.39, 0.29) is 18.6 Å². The molecule has 1 aliphatic heterocycles. The van der Waals surface area contributed by atoms with E-state index in [9.17, 15) is 38.4 Å². The number of aromatic hydroxyl groups is 1. The van der Waals surface area contributed by atoms with Gasteiger partial charge in [-0.15, -0.1) is 0 Å². The number of phenols is 1. The predicted octanol–water partition coefficient (Wildman–Crippen LogP) is -1.18. The number of nitrogens with one attached hydrogen (secondary N) is 3. The molecule has 1 saturated heterocycles. The van der Waals surface area contributed by atoms with Crippen LogP contribution in [0.1, 0.15) is 18.1 Å². The summed E-state index contributed by atoms with van der Waals surface area (Å²) in [5.74, 6) is -1.79. The zero-order valence-corrected chi connectivity index (χ0v) is 24.5. The topological polar surface area (TPSA) is 234 Å². The zero-order chi connectivity index (χ0) is 31.9. The molecular weight excluding hydrogens is 580 g/mol. The Morgan fingerprint density at radius 3 is 2.05 bits per heavy atom. The molecule has 0 aliphatic carbocycles. The van der Waals surface area contributed by atoms with Crippen molar-refractivity contribution in [2.45, 2.75) is 37.9 Å². The van der Waals surface area contributed by atoms with Crippen LogP contribution in [0, 0.1) is 0 Å². The summed E-state index contributed by atoms with van der Waals surface area (Å²) in [5.41, 5.74) is 12.4. The van der Waals surface area contributed by atoms with Gasteiger partial charge in [-0.1, -0.05) is 42.5 Å². The standard InChI is InChI=1S/C23H28N4O6.C5H10N2O2S/c1-14(26-22(31)18(24)11-16-7-9-17(28)10-8-16)21(30)25-13-20(29)27-19(23(32)33)12-15-5-3-2-4-6-15;6-5(8)7-1-3-10(9)4-2-7/h2-10,14,18-19,28H,11-13,24H2,1H3,(H,25,30)(H,26,31)(H,27,29)(H,32,33);1-4H2,(H2,6,8)/t14-,18+,19+;/m1./s1. The highest BCUT2D eigenvalue weighted by molar-refractivity contribution is 7.85. The van der Waals surface area contributed by atoms with Gasteiger partial charge in [0, 0.05) is 41.8 Å². The lowest BCUT2D eigenvalue weighted by Gasteiger charge is -2.23. The fourth-order valence-electron chi connectivity index (χ4n) is 3.84. The molecule has 234 valence electrons. The molecule has 2 aromatic carbocycles. The molecule has 1 heterocycles. The maximum absolute atomic E-state index is 12.3. The van der Waals surface area contributed by atoms with Gasteiger partial charge < -0.3 is 42.5 Å². The van der Waals surface area contributed by atoms with Crippen molar-refractivity contribution in [3.05, 3.63) is 65.7 Å². The van der Waals surface area contributed by atoms with E-state index in [0.717, 1.165) is 11.1 Å². The van der Waals surface area contributed by atoms with E-state index in [1.165, 1.54) is 24.0 Å². The van der Waals surface area contributed by atoms with Crippen molar-refractivity contribution in [2.75, 3.05) is 31.1 Å². The molecule has 14 nitrogen and oxygen atoms in total. The molecule has 1 aliphatic rings. The van der Waals surface area contributed by atoms with E-state index in [0.29, 0.717) is 24.6 Å². The van der Waals surface area contributed by atoms with Crippen molar-refractivity contribution >= 4 is 40.5 Å². The van der Waals surface area contributed by atoms with Crippen molar-refractivity contribution in [1.29, 1.82) is 0 Å². The molecule has 0 spiro atoms. The number of amides is 5. The minimum absolute atomic E-state index is 0.0980. The number of nitrogens with zero attached hydrogens (tertiary/aromatic N) is 1. The first-order valence-electron chi connectivity index (χ1n) is 13.4. The molecule has 5 amide bonds. The Kier molecular flexibility index (Phi) is 14.1. The summed E-state index contributed by atoms with van der Waals surface area (Å²) in [4.78, 5) is 60.1. The van der Waals surface area contributed by atoms with Gasteiger partial charge in [0.1, 0.15) is 17.8 Å². The van der Waals surface area contributed by atoms with Crippen molar-refractivity contribution in [3.63, 3.8) is 0 Å². The number of phenolic OH excluding ortho intramolecular Hbond substituents is 1. The molecule has 0 radical (unpaired) electrons. The molecule has 0 aromatic heterocycles. The number of aliphatic carboxylic acids is 1. The second-order valence-corrected chi connectivity index (χ2v) is 11.4. The lowest BCUT2D eigenvalue weighted by Crippen LogP contribution is -2.52. The molecule has 0 bridgehead atoms. The number of benzene rings is 2. The van der Waals surface area contributed by atoms with Crippen LogP contribution in [0.25, 0.3) is 0 Å². The molecule has 1 fully saturated rings. The van der Waals surface area contributed by atoms with Crippen LogP contribution in [0.5, 0.6) is 5.75 Å². The molecule has 15 heteroatoms. The summed E-state index contributed by atoms with van der Waals surface area (Å²) >= 11 is 0. The highest BCUT2D eigenvalue weighted by Crippen LogP contribution is 2.11. The van der Waals surface area contributed by atoms with E-state index in [1.807, 2.05) is 0 Å². The zero-order valence-electron chi connectivity index (χ0n) is 23.7. The quantitative estimate of drug-likeness (QED) is 0.160. The van der Waals surface area contributed by atoms with Crippen molar-refractivity contribution in [2.24, 2.45) is 11.5 Å². The molecule has 43 heavy (non-hydrogen) atoms. The predicted molar refractivity (Wildman–Crippen MR) is 159 cm³/mol. The second kappa shape index (κ2) is 17.5. The molecule has 3 atom stereocenters. The Morgan fingerprint density at radius 2 is 1.49 bits per heavy atom. The summed E-state index contributed by atoms with van der Waals surface area (Å²) < 4.78 is 10.8. The van der Waals surface area contributed by atoms with Crippen molar-refractivity contribution < 1.29 is 38.4 Å². The Labute approximate surface area is 251 Å². The van der Waals surface area contributed by atoms with Gasteiger partial charge in [-0.25, -0.2) is 9.59 Å². The summed E-state index contributed by atoms with van der Waals surface area (Å²) in [6, 6.07) is 11.6. The van der Waals surface area contributed by atoms with Crippen molar-refractivity contribution in [1.82, 2.24) is 20.9 Å². The largest absolute Gasteiger partial charge is 0.508 e. The number of carboxylic acid groups (broad SMARTS) is 1. The average Bonchev–Trinajstić information content (AvgIpc) is 2.97. The average molecular weight is 619 g/mol. The molecule has 3 rings (SSSR count). The van der Waals surface area contributed by atoms with Gasteiger partial charge in [-0.05, 0) is 36.6 Å². The molecule has 0 saturated carbocycles. The monoisotopic (exact) mass is 618 g/mol. The first kappa shape index (κ1) is 34.7. The van der Waals surface area contributed by atoms with Crippen LogP contribution < -0.4 is 27.4 Å².